The smallest absolute Gasteiger partial charge is 0.247 e. The fourth-order valence-corrected chi connectivity index (χ4v) is 3.61. The van der Waals surface area contributed by atoms with Gasteiger partial charge in [0, 0.05) is 29.3 Å². The second-order valence-electron chi connectivity index (χ2n) is 7.68. The van der Waals surface area contributed by atoms with Gasteiger partial charge in [0.2, 0.25) is 5.91 Å². The van der Waals surface area contributed by atoms with Gasteiger partial charge in [-0.2, -0.15) is 0 Å². The van der Waals surface area contributed by atoms with E-state index < -0.39 is 17.7 Å². The maximum atomic E-state index is 14.1. The lowest BCUT2D eigenvalue weighted by atomic mass is 10.0. The number of halogens is 3. The Labute approximate surface area is 197 Å². The lowest BCUT2D eigenvalue weighted by molar-refractivity contribution is -0.118. The molecule has 0 bridgehead atoms. The van der Waals surface area contributed by atoms with Crippen LogP contribution in [-0.2, 0) is 4.79 Å². The first-order valence-corrected chi connectivity index (χ1v) is 11.1. The molecule has 3 aromatic rings. The Bertz CT molecular complexity index is 1160. The molecule has 0 fully saturated rings. The fraction of sp³-hybridized carbons (Fsp3) is 0.280. The van der Waals surface area contributed by atoms with E-state index in [1.54, 1.807) is 26.4 Å². The van der Waals surface area contributed by atoms with Gasteiger partial charge in [0.25, 0.3) is 0 Å². The highest BCUT2D eigenvalue weighted by molar-refractivity contribution is 6.17. The molecule has 1 heterocycles. The molecule has 0 saturated heterocycles. The summed E-state index contributed by atoms with van der Waals surface area (Å²) in [6, 6.07) is 8.27. The van der Waals surface area contributed by atoms with E-state index in [-0.39, 0.29) is 11.5 Å². The number of aromatic nitrogens is 2. The fourth-order valence-electron chi connectivity index (χ4n) is 3.48. The summed E-state index contributed by atoms with van der Waals surface area (Å²) in [4.78, 5) is 17.2. The third-order valence-electron chi connectivity index (χ3n) is 5.18. The SMILES string of the molecule is COc1cc(C=C(CCCCl)C(=O)NC(C)c2ccc(F)cc2F)ccc1-n1cnc(C)c1. The van der Waals surface area contributed by atoms with Crippen LogP contribution in [0, 0.1) is 18.6 Å². The van der Waals surface area contributed by atoms with E-state index in [0.717, 1.165) is 23.0 Å². The number of methoxy groups -OCH3 is 1. The first-order valence-electron chi connectivity index (χ1n) is 10.5. The summed E-state index contributed by atoms with van der Waals surface area (Å²) in [7, 11) is 1.58. The summed E-state index contributed by atoms with van der Waals surface area (Å²) in [5.41, 5.74) is 3.18. The molecule has 0 spiro atoms. The molecule has 1 N–H and O–H groups in total. The van der Waals surface area contributed by atoms with Crippen LogP contribution in [-0.4, -0.2) is 28.4 Å². The number of rotatable bonds is 9. The second-order valence-corrected chi connectivity index (χ2v) is 8.05. The van der Waals surface area contributed by atoms with Crippen molar-refractivity contribution in [1.82, 2.24) is 14.9 Å². The van der Waals surface area contributed by atoms with Crippen molar-refractivity contribution in [2.24, 2.45) is 0 Å². The maximum absolute atomic E-state index is 14.1. The number of benzene rings is 2. The van der Waals surface area contributed by atoms with Gasteiger partial charge in [-0.1, -0.05) is 12.1 Å². The van der Waals surface area contributed by atoms with E-state index in [2.05, 4.69) is 10.3 Å². The molecule has 1 amide bonds. The number of hydrogen-bond acceptors (Lipinski definition) is 3. The number of carbonyl (C=O) groups is 1. The zero-order chi connectivity index (χ0) is 24.0. The molecule has 0 aliphatic rings. The van der Waals surface area contributed by atoms with Gasteiger partial charge < -0.3 is 14.6 Å². The van der Waals surface area contributed by atoms with Crippen LogP contribution in [0.2, 0.25) is 0 Å². The van der Waals surface area contributed by atoms with E-state index in [4.69, 9.17) is 16.3 Å². The molecule has 0 radical (unpaired) electrons. The molecular formula is C25H26ClF2N3O2. The Morgan fingerprint density at radius 3 is 2.70 bits per heavy atom. The average Bonchev–Trinajstić information content (AvgIpc) is 3.22. The number of nitrogens with zero attached hydrogens (tertiary/aromatic N) is 2. The van der Waals surface area contributed by atoms with Crippen molar-refractivity contribution in [3.8, 4) is 11.4 Å². The first-order chi connectivity index (χ1) is 15.8. The summed E-state index contributed by atoms with van der Waals surface area (Å²) in [5.74, 6) is -0.691. The Balaban J connectivity index is 1.86. The van der Waals surface area contributed by atoms with Gasteiger partial charge in [-0.25, -0.2) is 13.8 Å². The minimum atomic E-state index is -0.704. The first kappa shape index (κ1) is 24.5. The Morgan fingerprint density at radius 1 is 1.27 bits per heavy atom. The van der Waals surface area contributed by atoms with E-state index in [1.165, 1.54) is 12.1 Å². The van der Waals surface area contributed by atoms with Crippen molar-refractivity contribution < 1.29 is 18.3 Å². The van der Waals surface area contributed by atoms with Gasteiger partial charge in [-0.05, 0) is 56.5 Å². The molecular weight excluding hydrogens is 448 g/mol. The molecule has 1 unspecified atom stereocenters. The summed E-state index contributed by atoms with van der Waals surface area (Å²) in [6.07, 6.45) is 6.41. The van der Waals surface area contributed by atoms with Crippen LogP contribution >= 0.6 is 11.6 Å². The molecule has 174 valence electrons. The number of nitrogens with one attached hydrogen (secondary N) is 1. The Kier molecular flexibility index (Phi) is 8.22. The van der Waals surface area contributed by atoms with Crippen LogP contribution in [0.4, 0.5) is 8.78 Å². The number of alkyl halides is 1. The maximum Gasteiger partial charge on any atom is 0.247 e. The van der Waals surface area contributed by atoms with Crippen molar-refractivity contribution in [2.45, 2.75) is 32.7 Å². The highest BCUT2D eigenvalue weighted by Gasteiger charge is 2.17. The lowest BCUT2D eigenvalue weighted by Crippen LogP contribution is -2.28. The molecule has 0 aliphatic carbocycles. The summed E-state index contributed by atoms with van der Waals surface area (Å²) in [6.45, 7) is 3.55. The van der Waals surface area contributed by atoms with Crippen LogP contribution in [0.1, 0.15) is 42.6 Å². The van der Waals surface area contributed by atoms with Crippen LogP contribution in [0.5, 0.6) is 5.75 Å². The van der Waals surface area contributed by atoms with Gasteiger partial charge in [-0.3, -0.25) is 4.79 Å². The molecule has 2 aromatic carbocycles. The summed E-state index contributed by atoms with van der Waals surface area (Å²) >= 11 is 5.86. The average molecular weight is 474 g/mol. The highest BCUT2D eigenvalue weighted by Crippen LogP contribution is 2.26. The largest absolute Gasteiger partial charge is 0.495 e. The van der Waals surface area contributed by atoms with E-state index >= 15 is 0 Å². The van der Waals surface area contributed by atoms with Crippen molar-refractivity contribution in [3.05, 3.63) is 83.0 Å². The molecule has 5 nitrogen and oxygen atoms in total. The topological polar surface area (TPSA) is 56.1 Å². The van der Waals surface area contributed by atoms with Gasteiger partial charge in [0.05, 0.1) is 30.9 Å². The minimum Gasteiger partial charge on any atom is -0.495 e. The van der Waals surface area contributed by atoms with Crippen molar-refractivity contribution >= 4 is 23.6 Å². The molecule has 0 saturated carbocycles. The second kappa shape index (κ2) is 11.1. The Hall–Kier alpha value is -3.19. The molecule has 3 rings (SSSR count). The number of amides is 1. The van der Waals surface area contributed by atoms with Crippen molar-refractivity contribution in [2.75, 3.05) is 13.0 Å². The van der Waals surface area contributed by atoms with Crippen molar-refractivity contribution in [1.29, 1.82) is 0 Å². The van der Waals surface area contributed by atoms with Gasteiger partial charge in [0.1, 0.15) is 17.4 Å². The molecule has 1 atom stereocenters. The van der Waals surface area contributed by atoms with E-state index in [9.17, 15) is 13.6 Å². The zero-order valence-electron chi connectivity index (χ0n) is 18.7. The van der Waals surface area contributed by atoms with Crippen molar-refractivity contribution in [3.63, 3.8) is 0 Å². The number of imidazole rings is 1. The number of carbonyl (C=O) groups excluding carboxylic acids is 1. The minimum absolute atomic E-state index is 0.211. The van der Waals surface area contributed by atoms with Gasteiger partial charge >= 0.3 is 0 Å². The number of ether oxygens (including phenoxy) is 1. The van der Waals surface area contributed by atoms with Crippen LogP contribution in [0.3, 0.4) is 0 Å². The van der Waals surface area contributed by atoms with E-state index in [0.29, 0.717) is 30.0 Å². The molecule has 33 heavy (non-hydrogen) atoms. The van der Waals surface area contributed by atoms with Crippen LogP contribution in [0.25, 0.3) is 11.8 Å². The number of hydrogen-bond donors (Lipinski definition) is 1. The standard InChI is InChI=1S/C25H26ClF2N3O2/c1-16-14-31(15-29-16)23-9-6-18(12-24(23)33-3)11-19(5-4-10-26)25(32)30-17(2)21-8-7-20(27)13-22(21)28/h6-9,11-15,17H,4-5,10H2,1-3H3,(H,30,32). The molecule has 8 heteroatoms. The van der Waals surface area contributed by atoms with Gasteiger partial charge in [0.15, 0.2) is 0 Å². The van der Waals surface area contributed by atoms with Gasteiger partial charge in [-0.15, -0.1) is 11.6 Å². The third-order valence-corrected chi connectivity index (χ3v) is 5.45. The van der Waals surface area contributed by atoms with Crippen LogP contribution < -0.4 is 10.1 Å². The lowest BCUT2D eigenvalue weighted by Gasteiger charge is -2.17. The number of aryl methyl sites for hydroxylation is 1. The normalized spacial score (nSPS) is 12.5. The monoisotopic (exact) mass is 473 g/mol. The highest BCUT2D eigenvalue weighted by atomic mass is 35.5. The summed E-state index contributed by atoms with van der Waals surface area (Å²) < 4.78 is 34.7. The third kappa shape index (κ3) is 6.20. The van der Waals surface area contributed by atoms with Crippen LogP contribution in [0.15, 0.2) is 54.5 Å². The molecule has 0 aliphatic heterocycles. The zero-order valence-corrected chi connectivity index (χ0v) is 19.5. The predicted molar refractivity (Wildman–Crippen MR) is 126 cm³/mol. The summed E-state index contributed by atoms with van der Waals surface area (Å²) in [5, 5.41) is 2.80. The quantitative estimate of drug-likeness (QED) is 0.318. The molecule has 1 aromatic heterocycles. The predicted octanol–water partition coefficient (Wildman–Crippen LogP) is 5.75. The Morgan fingerprint density at radius 2 is 2.06 bits per heavy atom. The van der Waals surface area contributed by atoms with E-state index in [1.807, 2.05) is 35.9 Å².